The molecule has 5 heteroatoms. The fourth-order valence-corrected chi connectivity index (χ4v) is 3.14. The molecule has 5 nitrogen and oxygen atoms in total. The molecule has 1 aromatic carbocycles. The van der Waals surface area contributed by atoms with Gasteiger partial charge >= 0.3 is 0 Å². The maximum Gasteiger partial charge on any atom is 0.229 e. The topological polar surface area (TPSA) is 72.0 Å². The van der Waals surface area contributed by atoms with Crippen molar-refractivity contribution in [1.29, 1.82) is 0 Å². The molecular weight excluding hydrogens is 302 g/mol. The number of aromatic nitrogens is 2. The van der Waals surface area contributed by atoms with Gasteiger partial charge < -0.3 is 0 Å². The van der Waals surface area contributed by atoms with E-state index in [1.807, 2.05) is 6.92 Å². The summed E-state index contributed by atoms with van der Waals surface area (Å²) in [6.45, 7) is 2.05. The van der Waals surface area contributed by atoms with Crippen LogP contribution in [-0.4, -0.2) is 21.7 Å². The first-order valence-electron chi connectivity index (χ1n) is 8.36. The summed E-state index contributed by atoms with van der Waals surface area (Å²) >= 11 is 0. The molecule has 0 bridgehead atoms. The molecule has 0 radical (unpaired) electrons. The zero-order valence-electron chi connectivity index (χ0n) is 13.6. The third-order valence-electron chi connectivity index (χ3n) is 4.77. The van der Waals surface area contributed by atoms with E-state index in [2.05, 4.69) is 39.6 Å². The fraction of sp³-hybridized carbons (Fsp3) is 0.368. The number of carbonyl (C=O) groups is 2. The molecular formula is C19H19N3O2. The number of aryl methyl sites for hydroxylation is 1. The van der Waals surface area contributed by atoms with Crippen molar-refractivity contribution in [2.24, 2.45) is 5.92 Å². The second-order valence-corrected chi connectivity index (χ2v) is 6.76. The molecule has 1 aromatic heterocycles. The molecule has 2 aromatic rings. The predicted molar refractivity (Wildman–Crippen MR) is 90.0 cm³/mol. The van der Waals surface area contributed by atoms with Crippen LogP contribution in [0.15, 0.2) is 30.5 Å². The van der Waals surface area contributed by atoms with Gasteiger partial charge in [-0.3, -0.25) is 14.9 Å². The minimum atomic E-state index is -0.0211. The molecule has 1 saturated carbocycles. The average Bonchev–Trinajstić information content (AvgIpc) is 3.40. The Balaban J connectivity index is 1.58. The molecule has 0 unspecified atom stereocenters. The molecule has 1 heterocycles. The predicted octanol–water partition coefficient (Wildman–Crippen LogP) is 3.05. The fourth-order valence-electron chi connectivity index (χ4n) is 3.14. The number of anilines is 1. The second kappa shape index (κ2) is 5.82. The Labute approximate surface area is 140 Å². The van der Waals surface area contributed by atoms with Crippen molar-refractivity contribution in [3.8, 4) is 0 Å². The first-order chi connectivity index (χ1) is 11.6. The molecule has 4 rings (SSSR count). The van der Waals surface area contributed by atoms with Gasteiger partial charge in [-0.1, -0.05) is 29.8 Å². The number of nitrogens with one attached hydrogen (secondary N) is 1. The van der Waals surface area contributed by atoms with Gasteiger partial charge in [-0.25, -0.2) is 9.97 Å². The number of Topliss-reactive ketones (excluding diaryl/α,β-unsaturated/α-hetero) is 1. The number of hydrogen-bond acceptors (Lipinski definition) is 4. The van der Waals surface area contributed by atoms with Gasteiger partial charge in [0.1, 0.15) is 0 Å². The summed E-state index contributed by atoms with van der Waals surface area (Å²) in [4.78, 5) is 32.9. The molecule has 1 N–H and O–H groups in total. The largest absolute Gasteiger partial charge is 0.294 e. The molecule has 1 amide bonds. The Morgan fingerprint density at radius 1 is 1.17 bits per heavy atom. The van der Waals surface area contributed by atoms with Crippen molar-refractivity contribution in [2.75, 3.05) is 5.32 Å². The highest BCUT2D eigenvalue weighted by Crippen LogP contribution is 2.33. The highest BCUT2D eigenvalue weighted by Gasteiger charge is 2.31. The number of rotatable bonds is 3. The van der Waals surface area contributed by atoms with Crippen LogP contribution in [0.5, 0.6) is 0 Å². The van der Waals surface area contributed by atoms with Gasteiger partial charge in [-0.2, -0.15) is 0 Å². The van der Waals surface area contributed by atoms with Crippen LogP contribution in [0.3, 0.4) is 0 Å². The average molecular weight is 321 g/mol. The summed E-state index contributed by atoms with van der Waals surface area (Å²) in [6, 6.07) is 8.29. The van der Waals surface area contributed by atoms with E-state index in [0.717, 1.165) is 24.1 Å². The lowest BCUT2D eigenvalue weighted by Crippen LogP contribution is -2.22. The van der Waals surface area contributed by atoms with Crippen LogP contribution in [0.25, 0.3) is 0 Å². The molecule has 1 fully saturated rings. The zero-order chi connectivity index (χ0) is 16.7. The minimum absolute atomic E-state index is 0.0211. The third-order valence-corrected chi connectivity index (χ3v) is 4.77. The summed E-state index contributed by atoms with van der Waals surface area (Å²) < 4.78 is 0. The van der Waals surface area contributed by atoms with E-state index in [1.165, 1.54) is 5.56 Å². The highest BCUT2D eigenvalue weighted by atomic mass is 16.2. The molecule has 2 aliphatic rings. The summed E-state index contributed by atoms with van der Waals surface area (Å²) in [5.74, 6) is 0.594. The molecule has 2 aliphatic carbocycles. The van der Waals surface area contributed by atoms with Gasteiger partial charge in [0.15, 0.2) is 5.78 Å². The highest BCUT2D eigenvalue weighted by molar-refractivity contribution is 5.99. The molecule has 122 valence electrons. The van der Waals surface area contributed by atoms with E-state index in [1.54, 1.807) is 6.20 Å². The van der Waals surface area contributed by atoms with Crippen LogP contribution < -0.4 is 5.32 Å². The van der Waals surface area contributed by atoms with Crippen molar-refractivity contribution in [2.45, 2.75) is 38.5 Å². The maximum absolute atomic E-state index is 12.4. The summed E-state index contributed by atoms with van der Waals surface area (Å²) in [7, 11) is 0. The van der Waals surface area contributed by atoms with Crippen molar-refractivity contribution in [3.05, 3.63) is 52.8 Å². The summed E-state index contributed by atoms with van der Waals surface area (Å²) in [6.07, 6.45) is 4.60. The number of hydrogen-bond donors (Lipinski definition) is 1. The van der Waals surface area contributed by atoms with Gasteiger partial charge in [0.05, 0.1) is 11.3 Å². The normalized spacial score (nSPS) is 19.7. The van der Waals surface area contributed by atoms with Crippen molar-refractivity contribution in [3.63, 3.8) is 0 Å². The molecule has 0 spiro atoms. The van der Waals surface area contributed by atoms with Crippen molar-refractivity contribution in [1.82, 2.24) is 9.97 Å². The number of ketones is 1. The smallest absolute Gasteiger partial charge is 0.229 e. The number of carbonyl (C=O) groups excluding carboxylic acids is 2. The van der Waals surface area contributed by atoms with Gasteiger partial charge in [0, 0.05) is 18.5 Å². The first kappa shape index (κ1) is 15.0. The number of amides is 1. The third kappa shape index (κ3) is 2.94. The molecule has 1 atom stereocenters. The van der Waals surface area contributed by atoms with Crippen LogP contribution >= 0.6 is 0 Å². The Hall–Kier alpha value is -2.56. The van der Waals surface area contributed by atoms with Crippen LogP contribution in [0, 0.1) is 12.8 Å². The number of fused-ring (bicyclic) bond motifs is 1. The van der Waals surface area contributed by atoms with Gasteiger partial charge in [0.2, 0.25) is 11.9 Å². The van der Waals surface area contributed by atoms with Gasteiger partial charge in [0.25, 0.3) is 0 Å². The molecule has 0 aliphatic heterocycles. The van der Waals surface area contributed by atoms with E-state index in [-0.39, 0.29) is 23.5 Å². The van der Waals surface area contributed by atoms with E-state index >= 15 is 0 Å². The lowest BCUT2D eigenvalue weighted by Gasteiger charge is -2.23. The van der Waals surface area contributed by atoms with Gasteiger partial charge in [-0.05, 0) is 37.7 Å². The molecule has 0 saturated heterocycles. The standard InChI is InChI=1S/C19H19N3O2/c1-11-2-4-12(5-3-11)14-8-16-15(17(23)9-14)10-20-19(21-16)22-18(24)13-6-7-13/h2-5,10,13-14H,6-9H2,1H3,(H,20,21,22,24)/t14-/m1/s1. The Morgan fingerprint density at radius 3 is 2.62 bits per heavy atom. The van der Waals surface area contributed by atoms with Crippen LogP contribution in [0.4, 0.5) is 5.95 Å². The monoisotopic (exact) mass is 321 g/mol. The number of nitrogens with zero attached hydrogens (tertiary/aromatic N) is 2. The SMILES string of the molecule is Cc1ccc([C@H]2CC(=O)c3cnc(NC(=O)C4CC4)nc3C2)cc1. The Bertz CT molecular complexity index is 810. The first-order valence-corrected chi connectivity index (χ1v) is 8.36. The van der Waals surface area contributed by atoms with Crippen molar-refractivity contribution < 1.29 is 9.59 Å². The van der Waals surface area contributed by atoms with Crippen molar-refractivity contribution >= 4 is 17.6 Å². The maximum atomic E-state index is 12.4. The van der Waals surface area contributed by atoms with Crippen LogP contribution in [-0.2, 0) is 11.2 Å². The second-order valence-electron chi connectivity index (χ2n) is 6.76. The van der Waals surface area contributed by atoms with E-state index < -0.39 is 0 Å². The van der Waals surface area contributed by atoms with E-state index in [4.69, 9.17) is 0 Å². The van der Waals surface area contributed by atoms with Crippen LogP contribution in [0.1, 0.15) is 52.4 Å². The van der Waals surface area contributed by atoms with E-state index in [9.17, 15) is 9.59 Å². The minimum Gasteiger partial charge on any atom is -0.294 e. The zero-order valence-corrected chi connectivity index (χ0v) is 13.6. The quantitative estimate of drug-likeness (QED) is 0.943. The Morgan fingerprint density at radius 2 is 1.92 bits per heavy atom. The van der Waals surface area contributed by atoms with Gasteiger partial charge in [-0.15, -0.1) is 0 Å². The van der Waals surface area contributed by atoms with Crippen LogP contribution in [0.2, 0.25) is 0 Å². The Kier molecular flexibility index (Phi) is 3.63. The molecule has 24 heavy (non-hydrogen) atoms. The summed E-state index contributed by atoms with van der Waals surface area (Å²) in [5, 5.41) is 2.76. The lowest BCUT2D eigenvalue weighted by molar-refractivity contribution is -0.117. The number of benzene rings is 1. The lowest BCUT2D eigenvalue weighted by atomic mass is 9.82. The van der Waals surface area contributed by atoms with E-state index in [0.29, 0.717) is 24.4 Å². The summed E-state index contributed by atoms with van der Waals surface area (Å²) in [5.41, 5.74) is 3.68.